The van der Waals surface area contributed by atoms with Crippen LogP contribution in [0.3, 0.4) is 0 Å². The summed E-state index contributed by atoms with van der Waals surface area (Å²) in [4.78, 5) is 33.7. The van der Waals surface area contributed by atoms with Crippen LogP contribution in [-0.2, 0) is 24.9 Å². The summed E-state index contributed by atoms with van der Waals surface area (Å²) in [5, 5.41) is 1.71. The molecule has 7 nitrogen and oxygen atoms in total. The van der Waals surface area contributed by atoms with E-state index in [4.69, 9.17) is 0 Å². The van der Waals surface area contributed by atoms with Gasteiger partial charge in [-0.1, -0.05) is 0 Å². The first kappa shape index (κ1) is 13.1. The topological polar surface area (TPSA) is 86.8 Å². The third-order valence-electron chi connectivity index (χ3n) is 3.06. The fourth-order valence-electron chi connectivity index (χ4n) is 1.96. The second kappa shape index (κ2) is 4.32. The minimum absolute atomic E-state index is 0.104. The molecule has 9 heteroatoms. The van der Waals surface area contributed by atoms with Crippen LogP contribution in [0.15, 0.2) is 19.9 Å². The molecule has 3 aromatic heterocycles. The highest BCUT2D eigenvalue weighted by molar-refractivity contribution is 7.84. The molecule has 1 unspecified atom stereocenters. The van der Waals surface area contributed by atoms with E-state index in [0.29, 0.717) is 15.2 Å². The number of hydrogen-bond acceptors (Lipinski definition) is 6. The molecule has 0 amide bonds. The molecule has 0 N–H and O–H groups in total. The van der Waals surface area contributed by atoms with Crippen molar-refractivity contribution in [1.82, 2.24) is 19.1 Å². The van der Waals surface area contributed by atoms with Gasteiger partial charge in [-0.3, -0.25) is 18.1 Å². The predicted molar refractivity (Wildman–Crippen MR) is 77.7 cm³/mol. The Morgan fingerprint density at radius 3 is 2.50 bits per heavy atom. The monoisotopic (exact) mass is 310 g/mol. The zero-order valence-corrected chi connectivity index (χ0v) is 12.5. The molecular weight excluding hydrogens is 300 g/mol. The second-order valence-corrected chi connectivity index (χ2v) is 6.52. The van der Waals surface area contributed by atoms with Crippen molar-refractivity contribution < 1.29 is 4.21 Å². The minimum Gasteiger partial charge on any atom is -0.279 e. The van der Waals surface area contributed by atoms with Crippen LogP contribution in [0.2, 0.25) is 0 Å². The van der Waals surface area contributed by atoms with E-state index in [1.807, 2.05) is 0 Å². The molecule has 0 aliphatic rings. The molecule has 0 radical (unpaired) electrons. The SMILES string of the molecule is Cn1c(=O)c2nc3c(S(C)=O)csc3nc2n(C)c1=O. The van der Waals surface area contributed by atoms with Gasteiger partial charge in [0.1, 0.15) is 10.3 Å². The van der Waals surface area contributed by atoms with Gasteiger partial charge >= 0.3 is 5.69 Å². The van der Waals surface area contributed by atoms with E-state index in [0.717, 1.165) is 4.57 Å². The molecule has 104 valence electrons. The second-order valence-electron chi connectivity index (χ2n) is 4.31. The maximum absolute atomic E-state index is 12.1. The van der Waals surface area contributed by atoms with E-state index >= 15 is 0 Å². The molecule has 3 aromatic rings. The van der Waals surface area contributed by atoms with Crippen LogP contribution < -0.4 is 11.2 Å². The van der Waals surface area contributed by atoms with E-state index in [1.54, 1.807) is 11.6 Å². The Hall–Kier alpha value is -1.87. The van der Waals surface area contributed by atoms with Crippen molar-refractivity contribution in [1.29, 1.82) is 0 Å². The van der Waals surface area contributed by atoms with E-state index in [1.165, 1.54) is 30.0 Å². The third-order valence-corrected chi connectivity index (χ3v) is 5.01. The Morgan fingerprint density at radius 1 is 1.15 bits per heavy atom. The number of hydrogen-bond donors (Lipinski definition) is 0. The number of thiophene rings is 1. The van der Waals surface area contributed by atoms with Crippen molar-refractivity contribution in [2.45, 2.75) is 4.90 Å². The molecule has 0 bridgehead atoms. The molecule has 0 saturated heterocycles. The van der Waals surface area contributed by atoms with Crippen LogP contribution in [0.5, 0.6) is 0 Å². The van der Waals surface area contributed by atoms with E-state index in [-0.39, 0.29) is 11.2 Å². The fourth-order valence-corrected chi connectivity index (χ4v) is 3.86. The molecule has 0 saturated carbocycles. The molecule has 0 fully saturated rings. The summed E-state index contributed by atoms with van der Waals surface area (Å²) in [6.07, 6.45) is 1.55. The third kappa shape index (κ3) is 1.66. The van der Waals surface area contributed by atoms with Crippen molar-refractivity contribution in [3.05, 3.63) is 26.2 Å². The van der Waals surface area contributed by atoms with Gasteiger partial charge in [-0.2, -0.15) is 0 Å². The minimum atomic E-state index is -1.21. The Balaban J connectivity index is 2.60. The van der Waals surface area contributed by atoms with Crippen molar-refractivity contribution in [3.8, 4) is 0 Å². The fraction of sp³-hybridized carbons (Fsp3) is 0.273. The van der Waals surface area contributed by atoms with E-state index < -0.39 is 22.0 Å². The number of fused-ring (bicyclic) bond motifs is 2. The predicted octanol–water partition coefficient (Wildman–Crippen LogP) is -0.0207. The van der Waals surface area contributed by atoms with Crippen molar-refractivity contribution in [3.63, 3.8) is 0 Å². The molecule has 3 rings (SSSR count). The number of rotatable bonds is 1. The summed E-state index contributed by atoms with van der Waals surface area (Å²) in [5.74, 6) is 0. The first-order valence-corrected chi connectivity index (χ1v) is 8.04. The van der Waals surface area contributed by atoms with Crippen LogP contribution in [0.25, 0.3) is 21.5 Å². The maximum Gasteiger partial charge on any atom is 0.332 e. The van der Waals surface area contributed by atoms with Crippen molar-refractivity contribution in [2.75, 3.05) is 6.26 Å². The Morgan fingerprint density at radius 2 is 1.85 bits per heavy atom. The Labute approximate surface area is 119 Å². The van der Waals surface area contributed by atoms with Crippen LogP contribution in [0, 0.1) is 0 Å². The lowest BCUT2D eigenvalue weighted by Gasteiger charge is -2.05. The summed E-state index contributed by atoms with van der Waals surface area (Å²) in [7, 11) is 1.72. The zero-order valence-electron chi connectivity index (χ0n) is 10.9. The lowest BCUT2D eigenvalue weighted by Crippen LogP contribution is -2.37. The molecule has 0 aliphatic heterocycles. The highest BCUT2D eigenvalue weighted by Crippen LogP contribution is 2.25. The molecule has 20 heavy (non-hydrogen) atoms. The Bertz CT molecular complexity index is 999. The summed E-state index contributed by atoms with van der Waals surface area (Å²) >= 11 is 1.29. The van der Waals surface area contributed by atoms with Gasteiger partial charge in [0, 0.05) is 25.7 Å². The first-order chi connectivity index (χ1) is 9.41. The van der Waals surface area contributed by atoms with Gasteiger partial charge in [-0.15, -0.1) is 11.3 Å². The largest absolute Gasteiger partial charge is 0.332 e. The summed E-state index contributed by atoms with van der Waals surface area (Å²) in [6, 6.07) is 0. The number of aromatic nitrogens is 4. The van der Waals surface area contributed by atoms with Gasteiger partial charge in [0.2, 0.25) is 0 Å². The van der Waals surface area contributed by atoms with Crippen LogP contribution in [0.4, 0.5) is 0 Å². The van der Waals surface area contributed by atoms with Crippen LogP contribution >= 0.6 is 11.3 Å². The summed E-state index contributed by atoms with van der Waals surface area (Å²) in [6.45, 7) is 0. The average molecular weight is 310 g/mol. The molecule has 0 spiro atoms. The van der Waals surface area contributed by atoms with E-state index in [2.05, 4.69) is 9.97 Å². The summed E-state index contributed by atoms with van der Waals surface area (Å²) < 4.78 is 13.9. The van der Waals surface area contributed by atoms with Gasteiger partial charge in [0.05, 0.1) is 15.7 Å². The smallest absolute Gasteiger partial charge is 0.279 e. The highest BCUT2D eigenvalue weighted by Gasteiger charge is 2.16. The molecule has 3 heterocycles. The van der Waals surface area contributed by atoms with Crippen LogP contribution in [-0.4, -0.2) is 29.6 Å². The zero-order chi connectivity index (χ0) is 14.6. The van der Waals surface area contributed by atoms with Crippen molar-refractivity contribution in [2.24, 2.45) is 14.1 Å². The number of nitrogens with zero attached hydrogens (tertiary/aromatic N) is 4. The highest BCUT2D eigenvalue weighted by atomic mass is 32.2. The maximum atomic E-state index is 12.1. The molecule has 0 aromatic carbocycles. The first-order valence-electron chi connectivity index (χ1n) is 5.60. The molecule has 0 aliphatic carbocycles. The normalized spacial score (nSPS) is 13.2. The molecular formula is C11H10N4O3S2. The van der Waals surface area contributed by atoms with Gasteiger partial charge in [0.25, 0.3) is 5.56 Å². The van der Waals surface area contributed by atoms with Crippen molar-refractivity contribution >= 4 is 43.6 Å². The summed E-state index contributed by atoms with van der Waals surface area (Å²) in [5.41, 5.74) is -0.157. The quantitative estimate of drug-likeness (QED) is 0.630. The Kier molecular flexibility index (Phi) is 2.83. The van der Waals surface area contributed by atoms with E-state index in [9.17, 15) is 13.8 Å². The average Bonchev–Trinajstić information content (AvgIpc) is 2.84. The van der Waals surface area contributed by atoms with Gasteiger partial charge < -0.3 is 0 Å². The van der Waals surface area contributed by atoms with Gasteiger partial charge in [-0.25, -0.2) is 14.8 Å². The molecule has 1 atom stereocenters. The number of aryl methyl sites for hydroxylation is 1. The van der Waals surface area contributed by atoms with Gasteiger partial charge in [-0.05, 0) is 0 Å². The standard InChI is InChI=1S/C11H10N4O3S2/c1-14-8-7(10(16)15(2)11(14)17)12-6-5(20(3)18)4-19-9(6)13-8/h4H,1-3H3. The lowest BCUT2D eigenvalue weighted by atomic mass is 10.4. The van der Waals surface area contributed by atoms with Crippen LogP contribution in [0.1, 0.15) is 0 Å². The lowest BCUT2D eigenvalue weighted by molar-refractivity contribution is 0.687. The van der Waals surface area contributed by atoms with Gasteiger partial charge in [0.15, 0.2) is 11.2 Å².